The number of sulfonamides is 1. The van der Waals surface area contributed by atoms with Crippen molar-refractivity contribution in [3.8, 4) is 0 Å². The van der Waals surface area contributed by atoms with Crippen LogP contribution in [-0.4, -0.2) is 24.0 Å². The Balaban J connectivity index is 2.22. The maximum Gasteiger partial charge on any atom is 0.265 e. The second-order valence-corrected chi connectivity index (χ2v) is 6.67. The van der Waals surface area contributed by atoms with Crippen LogP contribution < -0.4 is 4.72 Å². The van der Waals surface area contributed by atoms with Gasteiger partial charge in [0.2, 0.25) is 0 Å². The maximum atomic E-state index is 12.2. The molecular weight excluding hydrogens is 290 g/mol. The topological polar surface area (TPSA) is 81.1 Å². The number of rotatable bonds is 5. The van der Waals surface area contributed by atoms with Crippen molar-refractivity contribution in [3.05, 3.63) is 42.2 Å². The van der Waals surface area contributed by atoms with E-state index in [0.717, 1.165) is 0 Å². The van der Waals surface area contributed by atoms with Crippen LogP contribution in [0.1, 0.15) is 37.2 Å². The van der Waals surface area contributed by atoms with Gasteiger partial charge in [0.15, 0.2) is 5.78 Å². The van der Waals surface area contributed by atoms with Gasteiger partial charge in [-0.05, 0) is 45.0 Å². The number of hydrogen-bond acceptors (Lipinski definition) is 4. The first-order chi connectivity index (χ1) is 9.79. The highest BCUT2D eigenvalue weighted by Crippen LogP contribution is 2.17. The molecule has 1 aromatic carbocycles. The lowest BCUT2D eigenvalue weighted by molar-refractivity contribution is 0.101. The van der Waals surface area contributed by atoms with Gasteiger partial charge >= 0.3 is 0 Å². The van der Waals surface area contributed by atoms with Gasteiger partial charge < -0.3 is 0 Å². The fourth-order valence-electron chi connectivity index (χ4n) is 1.73. The van der Waals surface area contributed by atoms with E-state index >= 15 is 0 Å². The van der Waals surface area contributed by atoms with E-state index in [1.807, 2.05) is 13.8 Å². The van der Waals surface area contributed by atoms with Crippen molar-refractivity contribution in [3.63, 3.8) is 0 Å². The predicted molar refractivity (Wildman–Crippen MR) is 79.9 cm³/mol. The molecule has 2 rings (SSSR count). The molecule has 0 radical (unpaired) electrons. The van der Waals surface area contributed by atoms with Crippen LogP contribution in [0.5, 0.6) is 0 Å². The van der Waals surface area contributed by atoms with Crippen LogP contribution in [-0.2, 0) is 10.0 Å². The first-order valence-electron chi connectivity index (χ1n) is 6.47. The lowest BCUT2D eigenvalue weighted by atomic mass is 10.1. The van der Waals surface area contributed by atoms with E-state index in [4.69, 9.17) is 0 Å². The summed E-state index contributed by atoms with van der Waals surface area (Å²) in [4.78, 5) is 11.3. The number of carbonyl (C=O) groups excluding carboxylic acids is 1. The predicted octanol–water partition coefficient (Wildman–Crippen LogP) is 2.47. The molecule has 112 valence electrons. The Morgan fingerprint density at radius 1 is 1.24 bits per heavy atom. The second-order valence-electron chi connectivity index (χ2n) is 4.99. The van der Waals surface area contributed by atoms with Crippen molar-refractivity contribution in [1.29, 1.82) is 0 Å². The summed E-state index contributed by atoms with van der Waals surface area (Å²) in [7, 11) is -3.68. The third-order valence-electron chi connectivity index (χ3n) is 2.96. The highest BCUT2D eigenvalue weighted by Gasteiger charge is 2.17. The number of aromatic nitrogens is 2. The van der Waals surface area contributed by atoms with E-state index in [-0.39, 0.29) is 16.7 Å². The zero-order valence-corrected chi connectivity index (χ0v) is 12.9. The Hall–Kier alpha value is -2.15. The van der Waals surface area contributed by atoms with E-state index in [9.17, 15) is 13.2 Å². The molecule has 0 unspecified atom stereocenters. The van der Waals surface area contributed by atoms with Crippen molar-refractivity contribution in [2.75, 3.05) is 4.72 Å². The molecular formula is C14H17N3O3S. The molecule has 0 saturated carbocycles. The van der Waals surface area contributed by atoms with Gasteiger partial charge in [0.05, 0.1) is 6.20 Å². The highest BCUT2D eigenvalue weighted by atomic mass is 32.2. The van der Waals surface area contributed by atoms with E-state index in [1.54, 1.807) is 28.9 Å². The van der Waals surface area contributed by atoms with Gasteiger partial charge in [-0.2, -0.15) is 5.10 Å². The minimum Gasteiger partial charge on any atom is -0.295 e. The van der Waals surface area contributed by atoms with Crippen LogP contribution in [0.15, 0.2) is 41.6 Å². The summed E-state index contributed by atoms with van der Waals surface area (Å²) in [5.74, 6) is -0.0670. The van der Waals surface area contributed by atoms with Crippen LogP contribution in [0.3, 0.4) is 0 Å². The van der Waals surface area contributed by atoms with Crippen LogP contribution in [0.4, 0.5) is 5.69 Å². The molecule has 21 heavy (non-hydrogen) atoms. The largest absolute Gasteiger partial charge is 0.295 e. The van der Waals surface area contributed by atoms with Crippen LogP contribution in [0.25, 0.3) is 0 Å². The summed E-state index contributed by atoms with van der Waals surface area (Å²) < 4.78 is 28.5. The van der Waals surface area contributed by atoms with Crippen molar-refractivity contribution < 1.29 is 13.2 Å². The molecule has 7 heteroatoms. The second kappa shape index (κ2) is 5.69. The number of nitrogens with one attached hydrogen (secondary N) is 1. The Morgan fingerprint density at radius 3 is 2.33 bits per heavy atom. The molecule has 0 spiro atoms. The van der Waals surface area contributed by atoms with E-state index < -0.39 is 10.0 Å². The SMILES string of the molecule is CC(=O)c1ccc(NS(=O)(=O)c2cnn(C(C)C)c2)cc1. The zero-order chi connectivity index (χ0) is 15.6. The fraction of sp³-hybridized carbons (Fsp3) is 0.286. The van der Waals surface area contributed by atoms with E-state index in [2.05, 4.69) is 9.82 Å². The molecule has 0 bridgehead atoms. The smallest absolute Gasteiger partial charge is 0.265 e. The van der Waals surface area contributed by atoms with E-state index in [1.165, 1.54) is 19.3 Å². The monoisotopic (exact) mass is 307 g/mol. The zero-order valence-electron chi connectivity index (χ0n) is 12.1. The molecule has 1 heterocycles. The molecule has 0 aliphatic heterocycles. The Kier molecular flexibility index (Phi) is 4.13. The number of carbonyl (C=O) groups is 1. The third-order valence-corrected chi connectivity index (χ3v) is 4.30. The first kappa shape index (κ1) is 15.2. The minimum atomic E-state index is -3.68. The van der Waals surface area contributed by atoms with Gasteiger partial charge in [0.1, 0.15) is 4.90 Å². The molecule has 1 aromatic heterocycles. The van der Waals surface area contributed by atoms with Gasteiger partial charge in [-0.3, -0.25) is 14.2 Å². The number of benzene rings is 1. The molecule has 2 aromatic rings. The number of Topliss-reactive ketones (excluding diaryl/α,β-unsaturated/α-hetero) is 1. The number of hydrogen-bond donors (Lipinski definition) is 1. The Labute approximate surface area is 123 Å². The quantitative estimate of drug-likeness (QED) is 0.860. The van der Waals surface area contributed by atoms with Gasteiger partial charge in [-0.15, -0.1) is 0 Å². The summed E-state index contributed by atoms with van der Waals surface area (Å²) >= 11 is 0. The minimum absolute atomic E-state index is 0.0670. The lowest BCUT2D eigenvalue weighted by Gasteiger charge is -2.07. The maximum absolute atomic E-state index is 12.2. The van der Waals surface area contributed by atoms with Gasteiger partial charge in [0, 0.05) is 23.5 Å². The van der Waals surface area contributed by atoms with Crippen molar-refractivity contribution in [2.24, 2.45) is 0 Å². The summed E-state index contributed by atoms with van der Waals surface area (Å²) in [6.07, 6.45) is 2.79. The van der Waals surface area contributed by atoms with Gasteiger partial charge in [-0.25, -0.2) is 8.42 Å². The summed E-state index contributed by atoms with van der Waals surface area (Å²) in [5.41, 5.74) is 0.933. The molecule has 0 amide bonds. The molecule has 0 aliphatic rings. The van der Waals surface area contributed by atoms with Crippen LogP contribution >= 0.6 is 0 Å². The van der Waals surface area contributed by atoms with Crippen molar-refractivity contribution >= 4 is 21.5 Å². The Morgan fingerprint density at radius 2 is 1.86 bits per heavy atom. The highest BCUT2D eigenvalue weighted by molar-refractivity contribution is 7.92. The molecule has 0 fully saturated rings. The molecule has 0 atom stereocenters. The average molecular weight is 307 g/mol. The lowest BCUT2D eigenvalue weighted by Crippen LogP contribution is -2.12. The average Bonchev–Trinajstić information content (AvgIpc) is 2.89. The third kappa shape index (κ3) is 3.49. The van der Waals surface area contributed by atoms with Crippen molar-refractivity contribution in [1.82, 2.24) is 9.78 Å². The first-order valence-corrected chi connectivity index (χ1v) is 7.96. The number of ketones is 1. The molecule has 1 N–H and O–H groups in total. The fourth-order valence-corrected chi connectivity index (χ4v) is 2.73. The summed E-state index contributed by atoms with van der Waals surface area (Å²) in [6, 6.07) is 6.36. The standard InChI is InChI=1S/C14H17N3O3S/c1-10(2)17-9-14(8-15-17)21(19,20)16-13-6-4-12(5-7-13)11(3)18/h4-10,16H,1-3H3. The summed E-state index contributed by atoms with van der Waals surface area (Å²) in [5, 5.41) is 4.01. The molecule has 6 nitrogen and oxygen atoms in total. The van der Waals surface area contributed by atoms with Crippen LogP contribution in [0.2, 0.25) is 0 Å². The molecule has 0 saturated heterocycles. The number of anilines is 1. The number of nitrogens with zero attached hydrogens (tertiary/aromatic N) is 2. The van der Waals surface area contributed by atoms with Crippen LogP contribution in [0, 0.1) is 0 Å². The van der Waals surface area contributed by atoms with Gasteiger partial charge in [-0.1, -0.05) is 0 Å². The van der Waals surface area contributed by atoms with Crippen molar-refractivity contribution in [2.45, 2.75) is 31.7 Å². The molecule has 0 aliphatic carbocycles. The van der Waals surface area contributed by atoms with Gasteiger partial charge in [0.25, 0.3) is 10.0 Å². The van der Waals surface area contributed by atoms with E-state index in [0.29, 0.717) is 11.3 Å². The normalized spacial score (nSPS) is 11.6. The Bertz CT molecular complexity index is 746. The summed E-state index contributed by atoms with van der Waals surface area (Å²) in [6.45, 7) is 5.29.